The van der Waals surface area contributed by atoms with Crippen molar-refractivity contribution in [1.82, 2.24) is 25.0 Å². The second-order valence-corrected chi connectivity index (χ2v) is 16.6. The number of aromatic nitrogens is 1. The monoisotopic (exact) mass is 900 g/mol. The van der Waals surface area contributed by atoms with Crippen molar-refractivity contribution in [2.24, 2.45) is 5.92 Å². The predicted molar refractivity (Wildman–Crippen MR) is 244 cm³/mol. The number of carbonyl (C=O) groups excluding carboxylic acids is 4. The number of pyridine rings is 1. The van der Waals surface area contributed by atoms with E-state index >= 15 is 4.39 Å². The Morgan fingerprint density at radius 1 is 0.939 bits per heavy atom. The Labute approximate surface area is 382 Å². The van der Waals surface area contributed by atoms with Gasteiger partial charge in [-0.1, -0.05) is 6.07 Å². The van der Waals surface area contributed by atoms with Crippen molar-refractivity contribution in [3.8, 4) is 29.1 Å². The number of hydrogen-bond donors (Lipinski definition) is 3. The minimum Gasteiger partial charge on any atom is -0.493 e. The molecule has 1 atom stereocenters. The molecule has 3 fully saturated rings. The van der Waals surface area contributed by atoms with E-state index in [4.69, 9.17) is 19.6 Å². The summed E-state index contributed by atoms with van der Waals surface area (Å²) in [6.07, 6.45) is 4.47. The largest absolute Gasteiger partial charge is 0.493 e. The molecule has 3 saturated heterocycles. The first-order chi connectivity index (χ1) is 32.0. The van der Waals surface area contributed by atoms with Gasteiger partial charge in [0.2, 0.25) is 5.91 Å². The van der Waals surface area contributed by atoms with Crippen molar-refractivity contribution in [1.29, 1.82) is 10.7 Å². The number of nitriles is 1. The number of methoxy groups -OCH3 is 1. The summed E-state index contributed by atoms with van der Waals surface area (Å²) in [5, 5.41) is 23.5. The van der Waals surface area contributed by atoms with Gasteiger partial charge in [0.05, 0.1) is 43.4 Å². The van der Waals surface area contributed by atoms with Crippen molar-refractivity contribution >= 4 is 46.8 Å². The molecule has 1 aromatic heterocycles. The van der Waals surface area contributed by atoms with E-state index in [-0.39, 0.29) is 42.1 Å². The molecule has 8 rings (SSSR count). The number of amidine groups is 1. The summed E-state index contributed by atoms with van der Waals surface area (Å²) in [6, 6.07) is 17.5. The number of hydrogen-bond acceptors (Lipinski definition) is 14. The van der Waals surface area contributed by atoms with E-state index in [0.717, 1.165) is 68.6 Å². The Hall–Kier alpha value is -7.26. The summed E-state index contributed by atoms with van der Waals surface area (Å²) >= 11 is 0. The van der Waals surface area contributed by atoms with E-state index in [1.807, 2.05) is 19.1 Å². The number of urea groups is 1. The summed E-state index contributed by atoms with van der Waals surface area (Å²) in [4.78, 5) is 65.8. The lowest BCUT2D eigenvalue weighted by Gasteiger charge is -2.38. The maximum absolute atomic E-state index is 15.3. The van der Waals surface area contributed by atoms with Gasteiger partial charge < -0.3 is 29.3 Å². The highest BCUT2D eigenvalue weighted by atomic mass is 19.1. The molecule has 344 valence electrons. The molecule has 0 saturated carbocycles. The standard InChI is InChI=1S/C48H53FN10O7/c1-4-65-41-27-31(5-10-39(41)64-3)38(11-17-50)59-46(61)34-12-18-53-45(43(34)47(59)62)57-20-14-30(15-21-57)13-19-55-23-25-56(26-24-55)32-6-8-33(9-7-32)66-40-29-37(52-2)35(28-36(40)49)44(51)58-22-16-42(60)54-48(58)63/h5-10,12,18,27-30,38,51-52H,4,11,13-16,19-26H2,1-3H3,(H,54,60,63). The second kappa shape index (κ2) is 19.9. The number of halogens is 1. The van der Waals surface area contributed by atoms with E-state index in [1.54, 1.807) is 49.6 Å². The van der Waals surface area contributed by atoms with Crippen LogP contribution in [0.25, 0.3) is 0 Å². The van der Waals surface area contributed by atoms with Crippen LogP contribution in [0.1, 0.15) is 76.9 Å². The Balaban J connectivity index is 0.817. The highest BCUT2D eigenvalue weighted by Crippen LogP contribution is 2.40. The van der Waals surface area contributed by atoms with Crippen LogP contribution in [-0.4, -0.2) is 122 Å². The van der Waals surface area contributed by atoms with Crippen molar-refractivity contribution in [3.63, 3.8) is 0 Å². The molecule has 4 aromatic rings. The van der Waals surface area contributed by atoms with Gasteiger partial charge in [0.1, 0.15) is 17.4 Å². The molecule has 5 heterocycles. The quantitative estimate of drug-likeness (QED) is 0.0674. The molecule has 66 heavy (non-hydrogen) atoms. The van der Waals surface area contributed by atoms with E-state index in [1.165, 1.54) is 18.1 Å². The van der Waals surface area contributed by atoms with Crippen LogP contribution in [-0.2, 0) is 4.79 Å². The topological polar surface area (TPSA) is 197 Å². The number of nitrogens with one attached hydrogen (secondary N) is 3. The molecule has 0 bridgehead atoms. The lowest BCUT2D eigenvalue weighted by Crippen LogP contribution is -2.52. The smallest absolute Gasteiger partial charge is 0.329 e. The average molecular weight is 901 g/mol. The zero-order valence-corrected chi connectivity index (χ0v) is 37.3. The SMILES string of the molecule is CCOc1cc(C(CC#N)N2C(=O)c3ccnc(N4CCC(CCN5CCN(c6ccc(Oc7cc(NC)c(C(=N)N8CCC(=O)NC8=O)cc7F)cc6)CC5)CC4)c3C2=O)ccc1OC. The van der Waals surface area contributed by atoms with Gasteiger partial charge in [-0.05, 0) is 92.7 Å². The van der Waals surface area contributed by atoms with Crippen molar-refractivity contribution in [2.45, 2.75) is 45.1 Å². The Bertz CT molecular complexity index is 2550. The number of piperidine rings is 1. The van der Waals surface area contributed by atoms with Gasteiger partial charge >= 0.3 is 6.03 Å². The summed E-state index contributed by atoms with van der Waals surface area (Å²) in [7, 11) is 3.17. The first kappa shape index (κ1) is 45.3. The zero-order valence-electron chi connectivity index (χ0n) is 37.3. The molecule has 1 unspecified atom stereocenters. The fourth-order valence-electron chi connectivity index (χ4n) is 9.16. The van der Waals surface area contributed by atoms with Crippen molar-refractivity contribution < 1.29 is 37.8 Å². The number of anilines is 3. The lowest BCUT2D eigenvalue weighted by molar-refractivity contribution is -0.121. The highest BCUT2D eigenvalue weighted by Gasteiger charge is 2.44. The predicted octanol–water partition coefficient (Wildman–Crippen LogP) is 6.41. The van der Waals surface area contributed by atoms with Crippen LogP contribution < -0.4 is 34.6 Å². The van der Waals surface area contributed by atoms with Crippen LogP contribution in [0.15, 0.2) is 66.9 Å². The molecule has 18 heteroatoms. The summed E-state index contributed by atoms with van der Waals surface area (Å²) < 4.78 is 32.5. The normalized spacial score (nSPS) is 17.3. The maximum atomic E-state index is 15.3. The Morgan fingerprint density at radius 3 is 2.38 bits per heavy atom. The molecule has 0 spiro atoms. The molecule has 5 amide bonds. The third kappa shape index (κ3) is 9.29. The minimum absolute atomic E-state index is 0.0277. The number of benzene rings is 3. The van der Waals surface area contributed by atoms with Crippen LogP contribution in [0.3, 0.4) is 0 Å². The fourth-order valence-corrected chi connectivity index (χ4v) is 9.16. The number of nitrogens with zero attached hydrogens (tertiary/aromatic N) is 7. The third-order valence-electron chi connectivity index (χ3n) is 12.8. The van der Waals surface area contributed by atoms with Crippen molar-refractivity contribution in [2.75, 3.05) is 88.2 Å². The molecule has 4 aliphatic heterocycles. The first-order valence-electron chi connectivity index (χ1n) is 22.3. The van der Waals surface area contributed by atoms with Crippen LogP contribution >= 0.6 is 0 Å². The van der Waals surface area contributed by atoms with E-state index in [9.17, 15) is 24.4 Å². The number of amides is 5. The third-order valence-corrected chi connectivity index (χ3v) is 12.8. The fraction of sp³-hybridized carbons (Fsp3) is 0.396. The van der Waals surface area contributed by atoms with E-state index in [2.05, 4.69) is 36.4 Å². The number of imide groups is 2. The van der Waals surface area contributed by atoms with Gasteiger partial charge in [-0.15, -0.1) is 0 Å². The van der Waals surface area contributed by atoms with E-state index in [0.29, 0.717) is 65.5 Å². The number of ether oxygens (including phenoxy) is 3. The van der Waals surface area contributed by atoms with Gasteiger partial charge in [0.15, 0.2) is 23.1 Å². The molecule has 0 aliphatic carbocycles. The lowest BCUT2D eigenvalue weighted by atomic mass is 9.93. The van der Waals surface area contributed by atoms with Gasteiger partial charge in [-0.25, -0.2) is 14.2 Å². The highest BCUT2D eigenvalue weighted by molar-refractivity contribution is 6.23. The maximum Gasteiger partial charge on any atom is 0.329 e. The van der Waals surface area contributed by atoms with Gasteiger partial charge in [0.25, 0.3) is 11.8 Å². The van der Waals surface area contributed by atoms with Crippen LogP contribution in [0.4, 0.5) is 26.4 Å². The molecule has 3 N–H and O–H groups in total. The van der Waals surface area contributed by atoms with Crippen LogP contribution in [0.5, 0.6) is 23.0 Å². The average Bonchev–Trinajstić information content (AvgIpc) is 3.59. The summed E-state index contributed by atoms with van der Waals surface area (Å²) in [5.41, 5.74) is 2.78. The molecule has 3 aromatic carbocycles. The van der Waals surface area contributed by atoms with Gasteiger partial charge in [0, 0.05) is 88.5 Å². The number of carbonyl (C=O) groups is 4. The summed E-state index contributed by atoms with van der Waals surface area (Å²) in [5.74, 6) is 0.169. The Kier molecular flexibility index (Phi) is 13.6. The number of rotatable bonds is 15. The van der Waals surface area contributed by atoms with Crippen LogP contribution in [0.2, 0.25) is 0 Å². The number of piperazine rings is 1. The molecular weight excluding hydrogens is 848 g/mol. The molecular formula is C48H53FN10O7. The zero-order chi connectivity index (χ0) is 46.5. The molecule has 0 radical (unpaired) electrons. The van der Waals surface area contributed by atoms with Crippen molar-refractivity contribution in [3.05, 3.63) is 94.9 Å². The molecule has 17 nitrogen and oxygen atoms in total. The van der Waals surface area contributed by atoms with Gasteiger partial charge in [-0.3, -0.25) is 39.8 Å². The summed E-state index contributed by atoms with van der Waals surface area (Å²) in [6.45, 7) is 8.20. The van der Waals surface area contributed by atoms with Crippen LogP contribution in [0, 0.1) is 28.5 Å². The minimum atomic E-state index is -0.817. The Morgan fingerprint density at radius 2 is 1.70 bits per heavy atom. The second-order valence-electron chi connectivity index (χ2n) is 16.6. The first-order valence-corrected chi connectivity index (χ1v) is 22.3. The molecule has 4 aliphatic rings. The van der Waals surface area contributed by atoms with E-state index < -0.39 is 35.6 Å². The number of fused-ring (bicyclic) bond motifs is 1. The van der Waals surface area contributed by atoms with Gasteiger partial charge in [-0.2, -0.15) is 5.26 Å².